The molecule has 1 N–H and O–H groups in total. The number of rotatable bonds is 3. The Bertz CT molecular complexity index is 506. The van der Waals surface area contributed by atoms with Gasteiger partial charge < -0.3 is 5.32 Å². The van der Waals surface area contributed by atoms with E-state index >= 15 is 0 Å². The van der Waals surface area contributed by atoms with Crippen molar-refractivity contribution in [1.29, 1.82) is 0 Å². The van der Waals surface area contributed by atoms with Gasteiger partial charge in [-0.15, -0.1) is 0 Å². The van der Waals surface area contributed by atoms with Gasteiger partial charge in [0.1, 0.15) is 0 Å². The van der Waals surface area contributed by atoms with Crippen LogP contribution in [0, 0.1) is 0 Å². The second-order valence-corrected chi connectivity index (χ2v) is 3.95. The minimum absolute atomic E-state index is 1.06. The fourth-order valence-electron chi connectivity index (χ4n) is 1.90. The summed E-state index contributed by atoms with van der Waals surface area (Å²) in [5.41, 5.74) is 2.39. The Labute approximate surface area is 96.8 Å². The van der Waals surface area contributed by atoms with Crippen molar-refractivity contribution in [3.63, 3.8) is 0 Å². The molecule has 0 radical (unpaired) electrons. The smallest absolute Gasteiger partial charge is 0.0461 e. The molecule has 0 atom stereocenters. The molecule has 0 fully saturated rings. The molecule has 1 nitrogen and oxygen atoms in total. The molecule has 0 aliphatic rings. The monoisotopic (exact) mass is 211 g/mol. The van der Waals surface area contributed by atoms with Gasteiger partial charge in [0, 0.05) is 16.8 Å². The quantitative estimate of drug-likeness (QED) is 0.784. The third-order valence-electron chi connectivity index (χ3n) is 2.63. The largest absolute Gasteiger partial charge is 0.359 e. The SMILES string of the molecule is CC/C=C(\C)Nc1cccc2ccccc12. The summed E-state index contributed by atoms with van der Waals surface area (Å²) in [5, 5.41) is 5.99. The van der Waals surface area contributed by atoms with Gasteiger partial charge in [0.25, 0.3) is 0 Å². The van der Waals surface area contributed by atoms with E-state index in [1.165, 1.54) is 22.2 Å². The number of hydrogen-bond acceptors (Lipinski definition) is 1. The van der Waals surface area contributed by atoms with Gasteiger partial charge in [0.15, 0.2) is 0 Å². The molecule has 0 heterocycles. The second kappa shape index (κ2) is 4.84. The predicted molar refractivity (Wildman–Crippen MR) is 71.6 cm³/mol. The van der Waals surface area contributed by atoms with Gasteiger partial charge >= 0.3 is 0 Å². The zero-order valence-corrected chi connectivity index (χ0v) is 9.83. The van der Waals surface area contributed by atoms with Crippen molar-refractivity contribution in [2.75, 3.05) is 5.32 Å². The number of allylic oxidation sites excluding steroid dienone is 2. The molecule has 0 amide bonds. The Morgan fingerprint density at radius 2 is 1.88 bits per heavy atom. The van der Waals surface area contributed by atoms with E-state index in [4.69, 9.17) is 0 Å². The second-order valence-electron chi connectivity index (χ2n) is 3.95. The minimum atomic E-state index is 1.06. The zero-order valence-electron chi connectivity index (χ0n) is 9.83. The highest BCUT2D eigenvalue weighted by molar-refractivity contribution is 5.94. The van der Waals surface area contributed by atoms with Gasteiger partial charge in [0.2, 0.25) is 0 Å². The topological polar surface area (TPSA) is 12.0 Å². The van der Waals surface area contributed by atoms with Crippen molar-refractivity contribution < 1.29 is 0 Å². The average Bonchev–Trinajstić information content (AvgIpc) is 2.30. The lowest BCUT2D eigenvalue weighted by atomic mass is 10.1. The third-order valence-corrected chi connectivity index (χ3v) is 2.63. The van der Waals surface area contributed by atoms with Crippen LogP contribution in [-0.2, 0) is 0 Å². The number of hydrogen-bond donors (Lipinski definition) is 1. The van der Waals surface area contributed by atoms with E-state index in [9.17, 15) is 0 Å². The van der Waals surface area contributed by atoms with E-state index in [0.717, 1.165) is 6.42 Å². The maximum atomic E-state index is 3.45. The van der Waals surface area contributed by atoms with Crippen LogP contribution in [0.3, 0.4) is 0 Å². The Balaban J connectivity index is 2.41. The highest BCUT2D eigenvalue weighted by atomic mass is 14.9. The van der Waals surface area contributed by atoms with Crippen molar-refractivity contribution >= 4 is 16.5 Å². The number of anilines is 1. The predicted octanol–water partition coefficient (Wildman–Crippen LogP) is 4.57. The molecule has 82 valence electrons. The van der Waals surface area contributed by atoms with Crippen LogP contribution in [0.5, 0.6) is 0 Å². The van der Waals surface area contributed by atoms with E-state index in [0.29, 0.717) is 0 Å². The van der Waals surface area contributed by atoms with Crippen molar-refractivity contribution in [2.45, 2.75) is 20.3 Å². The summed E-state index contributed by atoms with van der Waals surface area (Å²) in [6.07, 6.45) is 3.26. The summed E-state index contributed by atoms with van der Waals surface area (Å²) in [7, 11) is 0. The maximum Gasteiger partial charge on any atom is 0.0461 e. The molecule has 0 spiro atoms. The summed E-state index contributed by atoms with van der Waals surface area (Å²) in [6, 6.07) is 14.8. The summed E-state index contributed by atoms with van der Waals surface area (Å²) >= 11 is 0. The zero-order chi connectivity index (χ0) is 11.4. The van der Waals surface area contributed by atoms with Crippen LogP contribution in [0.1, 0.15) is 20.3 Å². The summed E-state index contributed by atoms with van der Waals surface area (Å²) in [5.74, 6) is 0. The van der Waals surface area contributed by atoms with Crippen molar-refractivity contribution in [2.24, 2.45) is 0 Å². The number of nitrogens with one attached hydrogen (secondary N) is 1. The first-order valence-corrected chi connectivity index (χ1v) is 5.73. The first-order chi connectivity index (χ1) is 7.81. The van der Waals surface area contributed by atoms with E-state index in [1.807, 2.05) is 0 Å². The lowest BCUT2D eigenvalue weighted by Crippen LogP contribution is -1.95. The molecule has 0 aliphatic carbocycles. The van der Waals surface area contributed by atoms with Gasteiger partial charge in [-0.25, -0.2) is 0 Å². The molecular formula is C15H17N. The molecule has 2 rings (SSSR count). The average molecular weight is 211 g/mol. The first kappa shape index (κ1) is 10.7. The Morgan fingerprint density at radius 3 is 2.69 bits per heavy atom. The van der Waals surface area contributed by atoms with Crippen LogP contribution in [0.25, 0.3) is 10.8 Å². The Kier molecular flexibility index (Phi) is 3.25. The van der Waals surface area contributed by atoms with Gasteiger partial charge in [-0.2, -0.15) is 0 Å². The van der Waals surface area contributed by atoms with Crippen LogP contribution < -0.4 is 5.32 Å². The normalized spacial score (nSPS) is 11.8. The van der Waals surface area contributed by atoms with E-state index in [-0.39, 0.29) is 0 Å². The van der Waals surface area contributed by atoms with Gasteiger partial charge in [0.05, 0.1) is 0 Å². The van der Waals surface area contributed by atoms with E-state index in [1.54, 1.807) is 0 Å². The van der Waals surface area contributed by atoms with Crippen LogP contribution in [0.4, 0.5) is 5.69 Å². The molecule has 16 heavy (non-hydrogen) atoms. The fourth-order valence-corrected chi connectivity index (χ4v) is 1.90. The van der Waals surface area contributed by atoms with Crippen LogP contribution >= 0.6 is 0 Å². The van der Waals surface area contributed by atoms with E-state index in [2.05, 4.69) is 67.7 Å². The summed E-state index contributed by atoms with van der Waals surface area (Å²) in [6.45, 7) is 4.25. The molecule has 0 unspecified atom stereocenters. The van der Waals surface area contributed by atoms with E-state index < -0.39 is 0 Å². The van der Waals surface area contributed by atoms with Crippen LogP contribution in [0.2, 0.25) is 0 Å². The molecule has 0 bridgehead atoms. The molecule has 0 saturated heterocycles. The van der Waals surface area contributed by atoms with Crippen LogP contribution in [0.15, 0.2) is 54.2 Å². The molecule has 2 aromatic rings. The summed E-state index contributed by atoms with van der Waals surface area (Å²) in [4.78, 5) is 0. The third kappa shape index (κ3) is 2.25. The molecular weight excluding hydrogens is 194 g/mol. The Morgan fingerprint density at radius 1 is 1.12 bits per heavy atom. The fraction of sp³-hybridized carbons (Fsp3) is 0.200. The molecule has 2 aromatic carbocycles. The maximum absolute atomic E-state index is 3.45. The molecule has 0 aromatic heterocycles. The minimum Gasteiger partial charge on any atom is -0.359 e. The van der Waals surface area contributed by atoms with Gasteiger partial charge in [-0.05, 0) is 24.8 Å². The number of fused-ring (bicyclic) bond motifs is 1. The molecule has 0 aliphatic heterocycles. The van der Waals surface area contributed by atoms with Gasteiger partial charge in [-0.1, -0.05) is 49.4 Å². The Hall–Kier alpha value is -1.76. The molecule has 0 saturated carbocycles. The van der Waals surface area contributed by atoms with Gasteiger partial charge in [-0.3, -0.25) is 0 Å². The molecule has 1 heteroatoms. The highest BCUT2D eigenvalue weighted by Crippen LogP contribution is 2.23. The lowest BCUT2D eigenvalue weighted by molar-refractivity contribution is 1.18. The highest BCUT2D eigenvalue weighted by Gasteiger charge is 1.99. The number of benzene rings is 2. The summed E-state index contributed by atoms with van der Waals surface area (Å²) < 4.78 is 0. The van der Waals surface area contributed by atoms with Crippen LogP contribution in [-0.4, -0.2) is 0 Å². The standard InChI is InChI=1S/C15H17N/c1-3-7-12(2)16-15-11-6-9-13-8-4-5-10-14(13)15/h4-11,16H,3H2,1-2H3/b12-7+. The lowest BCUT2D eigenvalue weighted by Gasteiger charge is -2.09. The van der Waals surface area contributed by atoms with Crippen molar-refractivity contribution in [3.8, 4) is 0 Å². The van der Waals surface area contributed by atoms with Crippen molar-refractivity contribution in [3.05, 3.63) is 54.2 Å². The first-order valence-electron chi connectivity index (χ1n) is 5.73. The van der Waals surface area contributed by atoms with Crippen molar-refractivity contribution in [1.82, 2.24) is 0 Å².